The van der Waals surface area contributed by atoms with Crippen molar-refractivity contribution in [2.24, 2.45) is 7.05 Å². The molecule has 0 aliphatic rings. The number of halogens is 1. The van der Waals surface area contributed by atoms with Gasteiger partial charge in [0.25, 0.3) is 0 Å². The van der Waals surface area contributed by atoms with Crippen molar-refractivity contribution in [2.75, 3.05) is 7.11 Å². The number of rotatable bonds is 4. The number of nitrogens with zero attached hydrogens (tertiary/aromatic N) is 3. The lowest BCUT2D eigenvalue weighted by Crippen LogP contribution is -1.98. The molecule has 1 aromatic heterocycles. The summed E-state index contributed by atoms with van der Waals surface area (Å²) in [4.78, 5) is 14.3. The van der Waals surface area contributed by atoms with Crippen LogP contribution in [0.3, 0.4) is 0 Å². The van der Waals surface area contributed by atoms with E-state index in [1.807, 2.05) is 0 Å². The first-order valence-electron chi connectivity index (χ1n) is 5.63. The third-order valence-electron chi connectivity index (χ3n) is 2.77. The Morgan fingerprint density at radius 1 is 1.45 bits per heavy atom. The highest BCUT2D eigenvalue weighted by Gasteiger charge is 2.26. The van der Waals surface area contributed by atoms with Crippen molar-refractivity contribution in [1.82, 2.24) is 9.55 Å². The molecule has 7 nitrogen and oxygen atoms in total. The average Bonchev–Trinajstić information content (AvgIpc) is 2.69. The van der Waals surface area contributed by atoms with Crippen molar-refractivity contribution >= 4 is 21.7 Å². The van der Waals surface area contributed by atoms with Gasteiger partial charge in [0.15, 0.2) is 0 Å². The lowest BCUT2D eigenvalue weighted by atomic mass is 10.3. The molecule has 106 valence electrons. The van der Waals surface area contributed by atoms with Crippen molar-refractivity contribution in [3.8, 4) is 17.4 Å². The van der Waals surface area contributed by atoms with Crippen LogP contribution < -0.4 is 9.47 Å². The highest BCUT2D eigenvalue weighted by atomic mass is 79.9. The predicted molar refractivity (Wildman–Crippen MR) is 75.4 cm³/mol. The Hall–Kier alpha value is -2.09. The number of ether oxygens (including phenoxy) is 2. The maximum absolute atomic E-state index is 11.0. The summed E-state index contributed by atoms with van der Waals surface area (Å²) in [5.41, 5.74) is 0. The number of hydrogen-bond acceptors (Lipinski definition) is 5. The standard InChI is InChI=1S/C12H12BrN3O4/c1-7-14-11(16(17)18)12(15(7)2)20-10-5-4-8(19-3)6-9(10)13/h4-6H,1-3H3. The van der Waals surface area contributed by atoms with Crippen molar-refractivity contribution in [2.45, 2.75) is 6.92 Å². The van der Waals surface area contributed by atoms with Crippen molar-refractivity contribution < 1.29 is 14.4 Å². The number of benzene rings is 1. The van der Waals surface area contributed by atoms with Crippen molar-refractivity contribution in [3.05, 3.63) is 38.6 Å². The molecule has 0 fully saturated rings. The Morgan fingerprint density at radius 2 is 2.15 bits per heavy atom. The highest BCUT2D eigenvalue weighted by Crippen LogP contribution is 2.36. The van der Waals surface area contributed by atoms with Gasteiger partial charge in [0, 0.05) is 14.0 Å². The fraction of sp³-hybridized carbons (Fsp3) is 0.250. The molecule has 0 atom stereocenters. The van der Waals surface area contributed by atoms with E-state index in [0.29, 0.717) is 21.8 Å². The van der Waals surface area contributed by atoms with Crippen LogP contribution in [0.2, 0.25) is 0 Å². The van der Waals surface area contributed by atoms with Crippen LogP contribution in [0.15, 0.2) is 22.7 Å². The minimum atomic E-state index is -0.570. The van der Waals surface area contributed by atoms with Gasteiger partial charge in [0.2, 0.25) is 5.82 Å². The molecule has 0 spiro atoms. The molecule has 1 heterocycles. The van der Waals surface area contributed by atoms with E-state index >= 15 is 0 Å². The van der Waals surface area contributed by atoms with E-state index in [9.17, 15) is 10.1 Å². The quantitative estimate of drug-likeness (QED) is 0.630. The largest absolute Gasteiger partial charge is 0.497 e. The zero-order valence-electron chi connectivity index (χ0n) is 11.1. The minimum Gasteiger partial charge on any atom is -0.497 e. The van der Waals surface area contributed by atoms with Crippen LogP contribution in [0.4, 0.5) is 5.82 Å². The van der Waals surface area contributed by atoms with Crippen LogP contribution in [-0.4, -0.2) is 21.6 Å². The molecule has 0 unspecified atom stereocenters. The second-order valence-electron chi connectivity index (χ2n) is 4.00. The zero-order valence-corrected chi connectivity index (χ0v) is 12.7. The second kappa shape index (κ2) is 5.49. The van der Waals surface area contributed by atoms with E-state index < -0.39 is 4.92 Å². The average molecular weight is 342 g/mol. The third kappa shape index (κ3) is 2.60. The Balaban J connectivity index is 2.42. The van der Waals surface area contributed by atoms with Crippen LogP contribution in [0.1, 0.15) is 5.82 Å². The Kier molecular flexibility index (Phi) is 3.93. The first-order valence-corrected chi connectivity index (χ1v) is 6.42. The van der Waals surface area contributed by atoms with Gasteiger partial charge in [-0.2, -0.15) is 0 Å². The molecule has 0 saturated heterocycles. The topological polar surface area (TPSA) is 79.4 Å². The lowest BCUT2D eigenvalue weighted by molar-refractivity contribution is -0.390. The van der Waals surface area contributed by atoms with Gasteiger partial charge < -0.3 is 19.6 Å². The number of imidazole rings is 1. The van der Waals surface area contributed by atoms with Crippen molar-refractivity contribution in [3.63, 3.8) is 0 Å². The van der Waals surface area contributed by atoms with Gasteiger partial charge in [0.05, 0.1) is 11.6 Å². The molecule has 2 aromatic rings. The van der Waals surface area contributed by atoms with E-state index in [1.165, 1.54) is 4.57 Å². The first kappa shape index (κ1) is 14.3. The third-order valence-corrected chi connectivity index (χ3v) is 3.39. The Bertz CT molecular complexity index is 669. The summed E-state index contributed by atoms with van der Waals surface area (Å²) in [6.45, 7) is 1.67. The molecular weight excluding hydrogens is 330 g/mol. The van der Waals surface area contributed by atoms with Gasteiger partial charge in [-0.05, 0) is 44.0 Å². The summed E-state index contributed by atoms with van der Waals surface area (Å²) in [5, 5.41) is 11.0. The SMILES string of the molecule is COc1ccc(Oc2c([N+](=O)[O-])nc(C)n2C)c(Br)c1. The smallest absolute Gasteiger partial charge is 0.427 e. The minimum absolute atomic E-state index is 0.0818. The molecule has 1 aromatic carbocycles. The van der Waals surface area contributed by atoms with Crippen LogP contribution in [0, 0.1) is 17.0 Å². The van der Waals surface area contributed by atoms with Gasteiger partial charge >= 0.3 is 11.7 Å². The fourth-order valence-electron chi connectivity index (χ4n) is 1.60. The van der Waals surface area contributed by atoms with Gasteiger partial charge in [-0.3, -0.25) is 4.57 Å². The zero-order chi connectivity index (χ0) is 14.9. The summed E-state index contributed by atoms with van der Waals surface area (Å²) in [6.07, 6.45) is 0. The number of nitro groups is 1. The number of methoxy groups -OCH3 is 1. The Labute approximate surface area is 123 Å². The van der Waals surface area contributed by atoms with E-state index in [0.717, 1.165) is 0 Å². The highest BCUT2D eigenvalue weighted by molar-refractivity contribution is 9.10. The molecule has 0 radical (unpaired) electrons. The monoisotopic (exact) mass is 341 g/mol. The maximum Gasteiger partial charge on any atom is 0.427 e. The summed E-state index contributed by atoms with van der Waals surface area (Å²) < 4.78 is 12.8. The molecular formula is C12H12BrN3O4. The summed E-state index contributed by atoms with van der Waals surface area (Å²) in [6, 6.07) is 5.08. The van der Waals surface area contributed by atoms with E-state index in [1.54, 1.807) is 39.3 Å². The maximum atomic E-state index is 11.0. The van der Waals surface area contributed by atoms with Gasteiger partial charge in [-0.25, -0.2) is 0 Å². The number of hydrogen-bond donors (Lipinski definition) is 0. The van der Waals surface area contributed by atoms with E-state index in [2.05, 4.69) is 20.9 Å². The molecule has 0 aliphatic heterocycles. The molecule has 0 aliphatic carbocycles. The number of aromatic nitrogens is 2. The molecule has 0 bridgehead atoms. The normalized spacial score (nSPS) is 10.4. The van der Waals surface area contributed by atoms with Crippen LogP contribution in [-0.2, 0) is 7.05 Å². The predicted octanol–water partition coefficient (Wildman–Crippen LogP) is 3.20. The summed E-state index contributed by atoms with van der Waals surface area (Å²) in [7, 11) is 3.21. The van der Waals surface area contributed by atoms with Gasteiger partial charge in [0.1, 0.15) is 11.5 Å². The van der Waals surface area contributed by atoms with Crippen LogP contribution in [0.5, 0.6) is 17.4 Å². The van der Waals surface area contributed by atoms with E-state index in [-0.39, 0.29) is 11.7 Å². The molecule has 0 N–H and O–H groups in total. The van der Waals surface area contributed by atoms with Crippen LogP contribution in [0.25, 0.3) is 0 Å². The first-order chi connectivity index (χ1) is 9.43. The Morgan fingerprint density at radius 3 is 2.70 bits per heavy atom. The lowest BCUT2D eigenvalue weighted by Gasteiger charge is -2.08. The second-order valence-corrected chi connectivity index (χ2v) is 4.86. The molecule has 0 amide bonds. The summed E-state index contributed by atoms with van der Waals surface area (Å²) in [5.74, 6) is 1.36. The molecule has 2 rings (SSSR count). The number of aryl methyl sites for hydroxylation is 1. The fourth-order valence-corrected chi connectivity index (χ4v) is 2.04. The van der Waals surface area contributed by atoms with Crippen LogP contribution >= 0.6 is 15.9 Å². The summed E-state index contributed by atoms with van der Waals surface area (Å²) >= 11 is 3.33. The van der Waals surface area contributed by atoms with Crippen molar-refractivity contribution in [1.29, 1.82) is 0 Å². The molecule has 8 heteroatoms. The molecule has 0 saturated carbocycles. The van der Waals surface area contributed by atoms with Gasteiger partial charge in [-0.15, -0.1) is 0 Å². The van der Waals surface area contributed by atoms with Gasteiger partial charge in [-0.1, -0.05) is 0 Å². The van der Waals surface area contributed by atoms with E-state index in [4.69, 9.17) is 9.47 Å². The molecule has 20 heavy (non-hydrogen) atoms.